The molecule has 1 aliphatic rings. The molecule has 1 aromatic carbocycles. The number of aromatic nitrogens is 2. The normalized spacial score (nSPS) is 16.7. The van der Waals surface area contributed by atoms with Crippen LogP contribution in [0.2, 0.25) is 0 Å². The Kier molecular flexibility index (Phi) is 5.23. The van der Waals surface area contributed by atoms with Crippen LogP contribution in [-0.4, -0.2) is 49.2 Å². The van der Waals surface area contributed by atoms with E-state index < -0.39 is 0 Å². The van der Waals surface area contributed by atoms with Crippen molar-refractivity contribution in [2.75, 3.05) is 27.4 Å². The number of aryl methyl sites for hydroxylation is 1. The molecule has 0 saturated carbocycles. The maximum Gasteiger partial charge on any atom is 0.271 e. The summed E-state index contributed by atoms with van der Waals surface area (Å²) in [7, 11) is 5.01. The highest BCUT2D eigenvalue weighted by Crippen LogP contribution is 2.33. The number of hydrogen-bond donors (Lipinski definition) is 1. The third-order valence-corrected chi connectivity index (χ3v) is 4.31. The largest absolute Gasteiger partial charge is 0.497 e. The van der Waals surface area contributed by atoms with Gasteiger partial charge in [-0.15, -0.1) is 0 Å². The van der Waals surface area contributed by atoms with Crippen LogP contribution >= 0.6 is 0 Å². The monoisotopic (exact) mass is 345 g/mol. The topological polar surface area (TPSA) is 74.6 Å². The van der Waals surface area contributed by atoms with Crippen molar-refractivity contribution in [1.82, 2.24) is 15.1 Å². The van der Waals surface area contributed by atoms with Crippen LogP contribution in [0, 0.1) is 0 Å². The van der Waals surface area contributed by atoms with E-state index in [4.69, 9.17) is 14.2 Å². The molecular weight excluding hydrogens is 322 g/mol. The second-order valence-corrected chi connectivity index (χ2v) is 5.95. The molecule has 1 N–H and O–H groups in total. The number of benzene rings is 1. The van der Waals surface area contributed by atoms with Crippen LogP contribution in [0.5, 0.6) is 11.5 Å². The number of methoxy groups -OCH3 is 2. The summed E-state index contributed by atoms with van der Waals surface area (Å²) >= 11 is 0. The lowest BCUT2D eigenvalue weighted by atomic mass is 10.1. The van der Waals surface area contributed by atoms with Crippen molar-refractivity contribution in [3.05, 3.63) is 30.0 Å². The Morgan fingerprint density at radius 3 is 2.88 bits per heavy atom. The molecule has 0 bridgehead atoms. The predicted octanol–water partition coefficient (Wildman–Crippen LogP) is 2.01. The van der Waals surface area contributed by atoms with Gasteiger partial charge in [0.15, 0.2) is 5.69 Å². The summed E-state index contributed by atoms with van der Waals surface area (Å²) in [5.41, 5.74) is 1.95. The molecule has 0 radical (unpaired) electrons. The molecule has 3 rings (SSSR count). The van der Waals surface area contributed by atoms with Gasteiger partial charge in [0.05, 0.1) is 26.0 Å². The number of hydrogen-bond acceptors (Lipinski definition) is 5. The molecule has 7 nitrogen and oxygen atoms in total. The van der Waals surface area contributed by atoms with Gasteiger partial charge in [-0.05, 0) is 37.1 Å². The molecule has 1 fully saturated rings. The van der Waals surface area contributed by atoms with E-state index in [9.17, 15) is 4.79 Å². The van der Waals surface area contributed by atoms with E-state index in [1.165, 1.54) is 0 Å². The van der Waals surface area contributed by atoms with E-state index in [0.29, 0.717) is 23.7 Å². The Balaban J connectivity index is 1.81. The first-order chi connectivity index (χ1) is 12.1. The number of amides is 1. The van der Waals surface area contributed by atoms with E-state index in [0.717, 1.165) is 30.7 Å². The van der Waals surface area contributed by atoms with Crippen LogP contribution in [0.15, 0.2) is 24.3 Å². The highest BCUT2D eigenvalue weighted by molar-refractivity contribution is 5.93. The lowest BCUT2D eigenvalue weighted by Crippen LogP contribution is -2.32. The van der Waals surface area contributed by atoms with Crippen molar-refractivity contribution in [2.45, 2.75) is 18.9 Å². The van der Waals surface area contributed by atoms with E-state index >= 15 is 0 Å². The fourth-order valence-electron chi connectivity index (χ4n) is 2.95. The molecule has 25 heavy (non-hydrogen) atoms. The minimum absolute atomic E-state index is 0.102. The number of carbonyl (C=O) groups excluding carboxylic acids is 1. The van der Waals surface area contributed by atoms with Crippen molar-refractivity contribution < 1.29 is 19.0 Å². The molecule has 1 saturated heterocycles. The van der Waals surface area contributed by atoms with Crippen molar-refractivity contribution in [3.8, 4) is 22.8 Å². The Morgan fingerprint density at radius 1 is 1.36 bits per heavy atom. The Morgan fingerprint density at radius 2 is 2.20 bits per heavy atom. The first-order valence-corrected chi connectivity index (χ1v) is 8.28. The maximum absolute atomic E-state index is 12.4. The zero-order chi connectivity index (χ0) is 17.8. The lowest BCUT2D eigenvalue weighted by Gasteiger charge is -2.10. The summed E-state index contributed by atoms with van der Waals surface area (Å²) in [6, 6.07) is 7.28. The van der Waals surface area contributed by atoms with E-state index in [-0.39, 0.29) is 12.0 Å². The molecule has 2 aromatic rings. The molecule has 0 aliphatic carbocycles. The fourth-order valence-corrected chi connectivity index (χ4v) is 2.95. The molecule has 1 amide bonds. The maximum atomic E-state index is 12.4. The number of carbonyl (C=O) groups is 1. The molecule has 2 heterocycles. The number of nitrogens with one attached hydrogen (secondary N) is 1. The number of ether oxygens (including phenoxy) is 3. The smallest absolute Gasteiger partial charge is 0.271 e. The average molecular weight is 345 g/mol. The van der Waals surface area contributed by atoms with Crippen molar-refractivity contribution in [3.63, 3.8) is 0 Å². The van der Waals surface area contributed by atoms with Gasteiger partial charge in [0.1, 0.15) is 11.5 Å². The average Bonchev–Trinajstić information content (AvgIpc) is 3.28. The summed E-state index contributed by atoms with van der Waals surface area (Å²) in [6.07, 6.45) is 2.13. The SMILES string of the molecule is COc1ccc(OC)c(-c2cc(C(=O)NCC3CCCO3)nn2C)c1. The molecule has 7 heteroatoms. The van der Waals surface area contributed by atoms with Crippen LogP contribution in [0.4, 0.5) is 0 Å². The Hall–Kier alpha value is -2.54. The summed E-state index contributed by atoms with van der Waals surface area (Å²) < 4.78 is 17.9. The fraction of sp³-hybridized carbons (Fsp3) is 0.444. The molecule has 1 aliphatic heterocycles. The van der Waals surface area contributed by atoms with Gasteiger partial charge in [-0.3, -0.25) is 9.48 Å². The zero-order valence-corrected chi connectivity index (χ0v) is 14.7. The molecule has 0 spiro atoms. The second-order valence-electron chi connectivity index (χ2n) is 5.95. The first-order valence-electron chi connectivity index (χ1n) is 8.28. The summed E-state index contributed by atoms with van der Waals surface area (Å²) in [5, 5.41) is 7.22. The number of nitrogens with zero attached hydrogens (tertiary/aromatic N) is 2. The minimum Gasteiger partial charge on any atom is -0.497 e. The standard InChI is InChI=1S/C18H23N3O4/c1-21-16(14-9-12(23-2)6-7-17(14)24-3)10-15(20-21)18(22)19-11-13-5-4-8-25-13/h6-7,9-10,13H,4-5,8,11H2,1-3H3,(H,19,22). The van der Waals surface area contributed by atoms with Gasteiger partial charge in [-0.25, -0.2) is 0 Å². The van der Waals surface area contributed by atoms with Gasteiger partial charge in [0.25, 0.3) is 5.91 Å². The van der Waals surface area contributed by atoms with Crippen LogP contribution < -0.4 is 14.8 Å². The van der Waals surface area contributed by atoms with Crippen molar-refractivity contribution >= 4 is 5.91 Å². The van der Waals surface area contributed by atoms with Crippen molar-refractivity contribution in [1.29, 1.82) is 0 Å². The Bertz CT molecular complexity index is 751. The predicted molar refractivity (Wildman–Crippen MR) is 93.1 cm³/mol. The quantitative estimate of drug-likeness (QED) is 0.867. The third kappa shape index (κ3) is 3.76. The molecule has 1 atom stereocenters. The lowest BCUT2D eigenvalue weighted by molar-refractivity contribution is 0.0853. The van der Waals surface area contributed by atoms with E-state index in [1.54, 1.807) is 32.0 Å². The van der Waals surface area contributed by atoms with E-state index in [2.05, 4.69) is 10.4 Å². The molecular formula is C18H23N3O4. The van der Waals surface area contributed by atoms with Gasteiger partial charge in [0.2, 0.25) is 0 Å². The van der Waals surface area contributed by atoms with Gasteiger partial charge < -0.3 is 19.5 Å². The van der Waals surface area contributed by atoms with Gasteiger partial charge in [-0.2, -0.15) is 5.10 Å². The second kappa shape index (κ2) is 7.57. The van der Waals surface area contributed by atoms with Gasteiger partial charge >= 0.3 is 0 Å². The summed E-state index contributed by atoms with van der Waals surface area (Å²) in [6.45, 7) is 1.27. The minimum atomic E-state index is -0.209. The van der Waals surface area contributed by atoms with Crippen LogP contribution in [0.3, 0.4) is 0 Å². The zero-order valence-electron chi connectivity index (χ0n) is 14.7. The summed E-state index contributed by atoms with van der Waals surface area (Å²) in [5.74, 6) is 1.19. The van der Waals surface area contributed by atoms with Crippen LogP contribution in [0.1, 0.15) is 23.3 Å². The molecule has 1 aromatic heterocycles. The highest BCUT2D eigenvalue weighted by atomic mass is 16.5. The van der Waals surface area contributed by atoms with E-state index in [1.807, 2.05) is 18.2 Å². The molecule has 134 valence electrons. The van der Waals surface area contributed by atoms with Gasteiger partial charge in [-0.1, -0.05) is 0 Å². The number of rotatable bonds is 6. The van der Waals surface area contributed by atoms with Crippen LogP contribution in [0.25, 0.3) is 11.3 Å². The third-order valence-electron chi connectivity index (χ3n) is 4.31. The highest BCUT2D eigenvalue weighted by Gasteiger charge is 2.20. The first kappa shape index (κ1) is 17.3. The van der Waals surface area contributed by atoms with Gasteiger partial charge in [0, 0.05) is 25.8 Å². The molecule has 1 unspecified atom stereocenters. The van der Waals surface area contributed by atoms with Crippen molar-refractivity contribution in [2.24, 2.45) is 7.05 Å². The summed E-state index contributed by atoms with van der Waals surface area (Å²) in [4.78, 5) is 12.4. The Labute approximate surface area is 146 Å². The van der Waals surface area contributed by atoms with Crippen LogP contribution in [-0.2, 0) is 11.8 Å².